The predicted molar refractivity (Wildman–Crippen MR) is 132 cm³/mol. The molecular weight excluding hydrogens is 474 g/mol. The van der Waals surface area contributed by atoms with E-state index in [1.54, 1.807) is 38.5 Å². The van der Waals surface area contributed by atoms with Crippen LogP contribution < -0.4 is 20.1 Å². The molecule has 11 heteroatoms. The Morgan fingerprint density at radius 1 is 1.00 bits per heavy atom. The molecule has 0 radical (unpaired) electrons. The number of anilines is 1. The van der Waals surface area contributed by atoms with Crippen LogP contribution in [0.3, 0.4) is 0 Å². The predicted octanol–water partition coefficient (Wildman–Crippen LogP) is 4.45. The van der Waals surface area contributed by atoms with E-state index in [4.69, 9.17) is 9.47 Å². The zero-order valence-corrected chi connectivity index (χ0v) is 20.0. The van der Waals surface area contributed by atoms with Crippen molar-refractivity contribution in [3.05, 3.63) is 66.0 Å². The number of benzene rings is 2. The van der Waals surface area contributed by atoms with Crippen molar-refractivity contribution in [3.8, 4) is 27.9 Å². The Hall–Kier alpha value is -3.83. The van der Waals surface area contributed by atoms with Gasteiger partial charge in [-0.1, -0.05) is 30.0 Å². The second kappa shape index (κ2) is 10.9. The van der Waals surface area contributed by atoms with Crippen molar-refractivity contribution in [3.63, 3.8) is 0 Å². The molecule has 0 saturated carbocycles. The standard InChI is InChI=1S/C23H21N5O4S2/c1-31-16-11-9-15(10-12-16)24-22(30)25-20(29)14-34-23-27-26-21(19-8-5-13-33-19)28(23)17-6-3-4-7-18(17)32-2/h3-13H,14H2,1-2H3,(H2,24,25,29,30). The molecule has 0 aliphatic carbocycles. The van der Waals surface area contributed by atoms with Crippen molar-refractivity contribution in [2.24, 2.45) is 0 Å². The van der Waals surface area contributed by atoms with Gasteiger partial charge in [-0.05, 0) is 47.8 Å². The third-order valence-electron chi connectivity index (χ3n) is 4.63. The lowest BCUT2D eigenvalue weighted by atomic mass is 10.3. The average Bonchev–Trinajstić information content (AvgIpc) is 3.53. The first kappa shape index (κ1) is 23.3. The van der Waals surface area contributed by atoms with Gasteiger partial charge in [0.15, 0.2) is 11.0 Å². The SMILES string of the molecule is COc1ccc(NC(=O)NC(=O)CSc2nnc(-c3cccs3)n2-c2ccccc2OC)cc1. The summed E-state index contributed by atoms with van der Waals surface area (Å²) in [4.78, 5) is 25.5. The Morgan fingerprint density at radius 3 is 2.50 bits per heavy atom. The summed E-state index contributed by atoms with van der Waals surface area (Å²) >= 11 is 2.70. The van der Waals surface area contributed by atoms with E-state index in [0.29, 0.717) is 28.2 Å². The molecule has 0 bridgehead atoms. The number of thioether (sulfide) groups is 1. The molecule has 0 spiro atoms. The number of nitrogens with one attached hydrogen (secondary N) is 2. The van der Waals surface area contributed by atoms with Gasteiger partial charge in [-0.25, -0.2) is 4.79 Å². The van der Waals surface area contributed by atoms with Crippen LogP contribution in [0.25, 0.3) is 16.4 Å². The molecule has 0 unspecified atom stereocenters. The highest BCUT2D eigenvalue weighted by Gasteiger charge is 2.20. The number of nitrogens with zero attached hydrogens (tertiary/aromatic N) is 3. The fraction of sp³-hybridized carbons (Fsp3) is 0.130. The molecule has 34 heavy (non-hydrogen) atoms. The van der Waals surface area contributed by atoms with Crippen molar-refractivity contribution in [2.45, 2.75) is 5.16 Å². The van der Waals surface area contributed by atoms with Crippen LogP contribution in [0.1, 0.15) is 0 Å². The maximum absolute atomic E-state index is 12.4. The van der Waals surface area contributed by atoms with E-state index in [9.17, 15) is 9.59 Å². The van der Waals surface area contributed by atoms with Crippen molar-refractivity contribution in [2.75, 3.05) is 25.3 Å². The molecule has 2 heterocycles. The molecule has 0 fully saturated rings. The number of hydrogen-bond donors (Lipinski definition) is 2. The summed E-state index contributed by atoms with van der Waals surface area (Å²) in [6.07, 6.45) is 0. The van der Waals surface area contributed by atoms with Gasteiger partial charge in [-0.2, -0.15) is 0 Å². The van der Waals surface area contributed by atoms with Crippen LogP contribution in [0.15, 0.2) is 71.2 Å². The molecule has 0 aliphatic rings. The number of urea groups is 1. The van der Waals surface area contributed by atoms with Crippen molar-refractivity contribution in [1.29, 1.82) is 0 Å². The number of carbonyl (C=O) groups is 2. The molecule has 3 amide bonds. The first-order valence-electron chi connectivity index (χ1n) is 10.1. The maximum Gasteiger partial charge on any atom is 0.325 e. The van der Waals surface area contributed by atoms with Gasteiger partial charge in [0.05, 0.1) is 30.5 Å². The Balaban J connectivity index is 1.47. The topological polar surface area (TPSA) is 107 Å². The van der Waals surface area contributed by atoms with Gasteiger partial charge in [-0.3, -0.25) is 14.7 Å². The molecule has 174 valence electrons. The Labute approximate surface area is 204 Å². The monoisotopic (exact) mass is 495 g/mol. The lowest BCUT2D eigenvalue weighted by Gasteiger charge is -2.13. The Morgan fingerprint density at radius 2 is 1.79 bits per heavy atom. The number of carbonyl (C=O) groups excluding carboxylic acids is 2. The fourth-order valence-electron chi connectivity index (χ4n) is 3.09. The van der Waals surface area contributed by atoms with Crippen LogP contribution in [-0.2, 0) is 4.79 Å². The number of ether oxygens (including phenoxy) is 2. The number of aromatic nitrogens is 3. The van der Waals surface area contributed by atoms with Crippen LogP contribution in [0.2, 0.25) is 0 Å². The van der Waals surface area contributed by atoms with Crippen LogP contribution in [0.5, 0.6) is 11.5 Å². The first-order chi connectivity index (χ1) is 16.6. The van der Waals surface area contributed by atoms with Crippen LogP contribution in [0.4, 0.5) is 10.5 Å². The van der Waals surface area contributed by atoms with E-state index in [-0.39, 0.29) is 5.75 Å². The number of thiophene rings is 1. The van der Waals surface area contributed by atoms with Gasteiger partial charge in [0.1, 0.15) is 11.5 Å². The molecule has 2 aromatic carbocycles. The molecule has 4 aromatic rings. The third kappa shape index (κ3) is 5.38. The minimum atomic E-state index is -0.624. The molecule has 2 aromatic heterocycles. The second-order valence-corrected chi connectivity index (χ2v) is 8.70. The zero-order chi connectivity index (χ0) is 23.9. The van der Waals surface area contributed by atoms with E-state index in [0.717, 1.165) is 10.6 Å². The third-order valence-corrected chi connectivity index (χ3v) is 6.43. The summed E-state index contributed by atoms with van der Waals surface area (Å²) in [5.74, 6) is 1.45. The second-order valence-electron chi connectivity index (χ2n) is 6.81. The highest BCUT2D eigenvalue weighted by Crippen LogP contribution is 2.34. The van der Waals surface area contributed by atoms with E-state index in [1.165, 1.54) is 23.1 Å². The summed E-state index contributed by atoms with van der Waals surface area (Å²) in [5, 5.41) is 16.0. The van der Waals surface area contributed by atoms with Crippen molar-refractivity contribution in [1.82, 2.24) is 20.1 Å². The van der Waals surface area contributed by atoms with E-state index in [2.05, 4.69) is 20.8 Å². The van der Waals surface area contributed by atoms with E-state index in [1.807, 2.05) is 46.3 Å². The van der Waals surface area contributed by atoms with Crippen LogP contribution >= 0.6 is 23.1 Å². The van der Waals surface area contributed by atoms with Gasteiger partial charge in [0, 0.05) is 5.69 Å². The van der Waals surface area contributed by atoms with Gasteiger partial charge in [-0.15, -0.1) is 21.5 Å². The van der Waals surface area contributed by atoms with Crippen LogP contribution in [-0.4, -0.2) is 46.7 Å². The molecule has 0 atom stereocenters. The summed E-state index contributed by atoms with van der Waals surface area (Å²) in [6.45, 7) is 0. The largest absolute Gasteiger partial charge is 0.497 e. The van der Waals surface area contributed by atoms with Gasteiger partial charge >= 0.3 is 6.03 Å². The minimum absolute atomic E-state index is 0.0340. The number of rotatable bonds is 8. The number of imide groups is 1. The first-order valence-corrected chi connectivity index (χ1v) is 12.0. The lowest BCUT2D eigenvalue weighted by molar-refractivity contribution is -0.117. The van der Waals surface area contributed by atoms with E-state index < -0.39 is 11.9 Å². The number of hydrogen-bond acceptors (Lipinski definition) is 8. The fourth-order valence-corrected chi connectivity index (χ4v) is 4.53. The molecule has 0 saturated heterocycles. The van der Waals surface area contributed by atoms with Gasteiger partial charge < -0.3 is 14.8 Å². The summed E-state index contributed by atoms with van der Waals surface area (Å²) in [6, 6.07) is 17.5. The normalized spacial score (nSPS) is 10.5. The van der Waals surface area contributed by atoms with Gasteiger partial charge in [0.2, 0.25) is 5.91 Å². The molecular formula is C23H21N5O4S2. The highest BCUT2D eigenvalue weighted by molar-refractivity contribution is 7.99. The van der Waals surface area contributed by atoms with Crippen molar-refractivity contribution < 1.29 is 19.1 Å². The summed E-state index contributed by atoms with van der Waals surface area (Å²) in [5.41, 5.74) is 1.29. The van der Waals surface area contributed by atoms with Crippen LogP contribution in [0, 0.1) is 0 Å². The minimum Gasteiger partial charge on any atom is -0.497 e. The summed E-state index contributed by atoms with van der Waals surface area (Å²) < 4.78 is 12.5. The number of para-hydroxylation sites is 2. The Kier molecular flexibility index (Phi) is 7.45. The molecule has 4 rings (SSSR count). The zero-order valence-electron chi connectivity index (χ0n) is 18.3. The molecule has 9 nitrogen and oxygen atoms in total. The van der Waals surface area contributed by atoms with Gasteiger partial charge in [0.25, 0.3) is 0 Å². The smallest absolute Gasteiger partial charge is 0.325 e. The molecule has 0 aliphatic heterocycles. The molecule has 2 N–H and O–H groups in total. The Bertz CT molecular complexity index is 1270. The quantitative estimate of drug-likeness (QED) is 0.348. The maximum atomic E-state index is 12.4. The van der Waals surface area contributed by atoms with E-state index >= 15 is 0 Å². The van der Waals surface area contributed by atoms with Crippen molar-refractivity contribution >= 4 is 40.7 Å². The average molecular weight is 496 g/mol. The number of methoxy groups -OCH3 is 2. The number of amides is 3. The summed E-state index contributed by atoms with van der Waals surface area (Å²) in [7, 11) is 3.15. The lowest BCUT2D eigenvalue weighted by Crippen LogP contribution is -2.35. The highest BCUT2D eigenvalue weighted by atomic mass is 32.2.